The smallest absolute Gasteiger partial charge is 0.0302 e. The molecule has 0 amide bonds. The van der Waals surface area contributed by atoms with Crippen LogP contribution in [0.1, 0.15) is 57.4 Å². The number of unbranched alkanes of at least 4 members (excludes halogenated alkanes) is 1. The Kier molecular flexibility index (Phi) is 5.28. The molecule has 1 heteroatoms. The Morgan fingerprint density at radius 2 is 2.07 bits per heavy atom. The van der Waals surface area contributed by atoms with E-state index in [0.717, 1.165) is 5.92 Å². The molecule has 0 radical (unpaired) electrons. The summed E-state index contributed by atoms with van der Waals surface area (Å²) in [6.45, 7) is 4.52. The Morgan fingerprint density at radius 3 is 2.64 bits per heavy atom. The number of rotatable bonds is 6. The summed E-state index contributed by atoms with van der Waals surface area (Å²) < 4.78 is 0. The van der Waals surface area contributed by atoms with Gasteiger partial charge >= 0.3 is 0 Å². The third-order valence-electron chi connectivity index (χ3n) is 2.70. The van der Waals surface area contributed by atoms with Gasteiger partial charge in [0.15, 0.2) is 0 Å². The first-order valence-electron chi connectivity index (χ1n) is 5.78. The SMILES string of the molecule is CCCCC(CCC)c1cccnc1. The highest BCUT2D eigenvalue weighted by atomic mass is 14.6. The fourth-order valence-electron chi connectivity index (χ4n) is 1.89. The number of nitrogens with zero attached hydrogens (tertiary/aromatic N) is 1. The van der Waals surface area contributed by atoms with Crippen LogP contribution in [0.25, 0.3) is 0 Å². The molecule has 0 bridgehead atoms. The summed E-state index contributed by atoms with van der Waals surface area (Å²) in [7, 11) is 0. The molecule has 1 aromatic heterocycles. The molecule has 0 saturated carbocycles. The van der Waals surface area contributed by atoms with Gasteiger partial charge in [-0.05, 0) is 30.4 Å². The molecule has 1 unspecified atom stereocenters. The minimum absolute atomic E-state index is 0.730. The highest BCUT2D eigenvalue weighted by Crippen LogP contribution is 2.25. The number of pyridine rings is 1. The van der Waals surface area contributed by atoms with Gasteiger partial charge in [0.1, 0.15) is 0 Å². The van der Waals surface area contributed by atoms with Crippen LogP contribution in [-0.4, -0.2) is 4.98 Å². The molecule has 0 aliphatic carbocycles. The van der Waals surface area contributed by atoms with Crippen LogP contribution in [0.3, 0.4) is 0 Å². The molecule has 14 heavy (non-hydrogen) atoms. The average molecular weight is 191 g/mol. The monoisotopic (exact) mass is 191 g/mol. The maximum atomic E-state index is 4.20. The van der Waals surface area contributed by atoms with Crippen molar-refractivity contribution in [3.63, 3.8) is 0 Å². The summed E-state index contributed by atoms with van der Waals surface area (Å²) in [6.07, 6.45) is 10.4. The van der Waals surface area contributed by atoms with E-state index in [1.807, 2.05) is 18.5 Å². The number of hydrogen-bond acceptors (Lipinski definition) is 1. The van der Waals surface area contributed by atoms with Crippen LogP contribution in [0.5, 0.6) is 0 Å². The lowest BCUT2D eigenvalue weighted by molar-refractivity contribution is 0.540. The van der Waals surface area contributed by atoms with Crippen molar-refractivity contribution < 1.29 is 0 Å². The van der Waals surface area contributed by atoms with Crippen molar-refractivity contribution >= 4 is 0 Å². The molecule has 1 nitrogen and oxygen atoms in total. The first kappa shape index (κ1) is 11.2. The normalized spacial score (nSPS) is 12.7. The van der Waals surface area contributed by atoms with Crippen LogP contribution >= 0.6 is 0 Å². The predicted molar refractivity (Wildman–Crippen MR) is 61.4 cm³/mol. The van der Waals surface area contributed by atoms with E-state index in [0.29, 0.717) is 0 Å². The number of hydrogen-bond donors (Lipinski definition) is 0. The Bertz CT molecular complexity index is 230. The third kappa shape index (κ3) is 3.49. The molecule has 1 rings (SSSR count). The van der Waals surface area contributed by atoms with Crippen molar-refractivity contribution in [2.45, 2.75) is 51.9 Å². The molecule has 0 saturated heterocycles. The highest BCUT2D eigenvalue weighted by molar-refractivity contribution is 5.14. The zero-order valence-corrected chi connectivity index (χ0v) is 9.37. The van der Waals surface area contributed by atoms with Gasteiger partial charge in [-0.25, -0.2) is 0 Å². The fourth-order valence-corrected chi connectivity index (χ4v) is 1.89. The van der Waals surface area contributed by atoms with E-state index >= 15 is 0 Å². The van der Waals surface area contributed by atoms with E-state index < -0.39 is 0 Å². The predicted octanol–water partition coefficient (Wildman–Crippen LogP) is 4.16. The van der Waals surface area contributed by atoms with Crippen molar-refractivity contribution in [1.82, 2.24) is 4.98 Å². The maximum Gasteiger partial charge on any atom is 0.0302 e. The molecule has 0 N–H and O–H groups in total. The lowest BCUT2D eigenvalue weighted by atomic mass is 9.91. The fraction of sp³-hybridized carbons (Fsp3) is 0.615. The second-order valence-corrected chi connectivity index (χ2v) is 3.91. The summed E-state index contributed by atoms with van der Waals surface area (Å²) in [5.74, 6) is 0.730. The van der Waals surface area contributed by atoms with Crippen molar-refractivity contribution in [3.05, 3.63) is 30.1 Å². The van der Waals surface area contributed by atoms with Crippen LogP contribution in [0.15, 0.2) is 24.5 Å². The van der Waals surface area contributed by atoms with E-state index in [4.69, 9.17) is 0 Å². The molecule has 0 fully saturated rings. The summed E-state index contributed by atoms with van der Waals surface area (Å²) in [4.78, 5) is 4.20. The first-order chi connectivity index (χ1) is 6.88. The van der Waals surface area contributed by atoms with Crippen molar-refractivity contribution in [1.29, 1.82) is 0 Å². The Hall–Kier alpha value is -0.850. The van der Waals surface area contributed by atoms with Gasteiger partial charge in [-0.3, -0.25) is 4.98 Å². The topological polar surface area (TPSA) is 12.9 Å². The lowest BCUT2D eigenvalue weighted by Crippen LogP contribution is -1.98. The van der Waals surface area contributed by atoms with Gasteiger partial charge in [0.05, 0.1) is 0 Å². The van der Waals surface area contributed by atoms with E-state index in [-0.39, 0.29) is 0 Å². The second kappa shape index (κ2) is 6.58. The molecular weight excluding hydrogens is 170 g/mol. The van der Waals surface area contributed by atoms with Gasteiger partial charge in [0, 0.05) is 12.4 Å². The Balaban J connectivity index is 2.58. The quantitative estimate of drug-likeness (QED) is 0.658. The molecule has 78 valence electrons. The third-order valence-corrected chi connectivity index (χ3v) is 2.70. The van der Waals surface area contributed by atoms with Crippen LogP contribution in [0, 0.1) is 0 Å². The standard InChI is InChI=1S/C13H21N/c1-3-5-8-12(7-4-2)13-9-6-10-14-11-13/h6,9-12H,3-5,7-8H2,1-2H3. The van der Waals surface area contributed by atoms with Crippen molar-refractivity contribution in [3.8, 4) is 0 Å². The molecule has 1 aromatic rings. The van der Waals surface area contributed by atoms with E-state index in [2.05, 4.69) is 24.9 Å². The zero-order chi connectivity index (χ0) is 10.2. The molecule has 0 spiro atoms. The Morgan fingerprint density at radius 1 is 1.21 bits per heavy atom. The van der Waals surface area contributed by atoms with Crippen LogP contribution in [0.2, 0.25) is 0 Å². The van der Waals surface area contributed by atoms with Crippen LogP contribution in [-0.2, 0) is 0 Å². The van der Waals surface area contributed by atoms with Crippen LogP contribution < -0.4 is 0 Å². The lowest BCUT2D eigenvalue weighted by Gasteiger charge is -2.15. The van der Waals surface area contributed by atoms with Gasteiger partial charge in [0.25, 0.3) is 0 Å². The molecule has 0 aliphatic rings. The zero-order valence-electron chi connectivity index (χ0n) is 9.37. The number of aromatic nitrogens is 1. The minimum atomic E-state index is 0.730. The first-order valence-corrected chi connectivity index (χ1v) is 5.78. The van der Waals surface area contributed by atoms with E-state index in [1.54, 1.807) is 0 Å². The molecule has 1 heterocycles. The highest BCUT2D eigenvalue weighted by Gasteiger charge is 2.09. The second-order valence-electron chi connectivity index (χ2n) is 3.91. The van der Waals surface area contributed by atoms with E-state index in [9.17, 15) is 0 Å². The van der Waals surface area contributed by atoms with Crippen molar-refractivity contribution in [2.24, 2.45) is 0 Å². The van der Waals surface area contributed by atoms with Gasteiger partial charge in [0.2, 0.25) is 0 Å². The Labute approximate surface area is 87.6 Å². The summed E-state index contributed by atoms with van der Waals surface area (Å²) in [5, 5.41) is 0. The minimum Gasteiger partial charge on any atom is -0.264 e. The van der Waals surface area contributed by atoms with E-state index in [1.165, 1.54) is 37.7 Å². The van der Waals surface area contributed by atoms with Gasteiger partial charge in [-0.1, -0.05) is 39.2 Å². The summed E-state index contributed by atoms with van der Waals surface area (Å²) >= 11 is 0. The van der Waals surface area contributed by atoms with Crippen LogP contribution in [0.4, 0.5) is 0 Å². The maximum absolute atomic E-state index is 4.20. The molecule has 0 aromatic carbocycles. The average Bonchev–Trinajstić information content (AvgIpc) is 2.25. The molecule has 1 atom stereocenters. The molecular formula is C13H21N. The van der Waals surface area contributed by atoms with Gasteiger partial charge < -0.3 is 0 Å². The molecule has 0 aliphatic heterocycles. The van der Waals surface area contributed by atoms with Crippen molar-refractivity contribution in [2.75, 3.05) is 0 Å². The largest absolute Gasteiger partial charge is 0.264 e. The van der Waals surface area contributed by atoms with Gasteiger partial charge in [-0.2, -0.15) is 0 Å². The summed E-state index contributed by atoms with van der Waals surface area (Å²) in [6, 6.07) is 4.26. The summed E-state index contributed by atoms with van der Waals surface area (Å²) in [5.41, 5.74) is 1.42. The van der Waals surface area contributed by atoms with Gasteiger partial charge in [-0.15, -0.1) is 0 Å².